The zero-order valence-electron chi connectivity index (χ0n) is 24.6. The summed E-state index contributed by atoms with van der Waals surface area (Å²) >= 11 is 17.9. The maximum atomic E-state index is 13.1. The maximum absolute atomic E-state index is 13.1. The Morgan fingerprint density at radius 1 is 1.00 bits per heavy atom. The van der Waals surface area contributed by atoms with Gasteiger partial charge in [-0.15, -0.1) is 0 Å². The summed E-state index contributed by atoms with van der Waals surface area (Å²) in [6.45, 7) is 0.650. The van der Waals surface area contributed by atoms with Gasteiger partial charge in [0.05, 0.1) is 34.0 Å². The van der Waals surface area contributed by atoms with E-state index in [0.29, 0.717) is 29.4 Å². The molecule has 44 heavy (non-hydrogen) atoms. The van der Waals surface area contributed by atoms with Gasteiger partial charge < -0.3 is 25.6 Å². The minimum atomic E-state index is -0.808. The van der Waals surface area contributed by atoms with Gasteiger partial charge in [0.15, 0.2) is 5.11 Å². The highest BCUT2D eigenvalue weighted by Crippen LogP contribution is 2.25. The summed E-state index contributed by atoms with van der Waals surface area (Å²) in [5.74, 6) is -0.630. The predicted octanol–water partition coefficient (Wildman–Crippen LogP) is 6.05. The van der Waals surface area contributed by atoms with Crippen LogP contribution in [0.3, 0.4) is 0 Å². The Hall–Kier alpha value is -3.73. The van der Waals surface area contributed by atoms with E-state index < -0.39 is 17.9 Å². The Labute approximate surface area is 272 Å². The van der Waals surface area contributed by atoms with E-state index in [9.17, 15) is 14.4 Å². The molecule has 12 heteroatoms. The molecule has 4 rings (SSSR count). The molecule has 2 amide bonds. The first-order valence-corrected chi connectivity index (χ1v) is 15.5. The number of ether oxygens (including phenoxy) is 1. The number of benzene rings is 2. The second-order valence-corrected chi connectivity index (χ2v) is 11.8. The number of methoxy groups -OCH3 is 1. The van der Waals surface area contributed by atoms with Gasteiger partial charge in [-0.05, 0) is 60.8 Å². The number of halogens is 2. The van der Waals surface area contributed by atoms with E-state index in [2.05, 4.69) is 20.9 Å². The highest BCUT2D eigenvalue weighted by Gasteiger charge is 2.24. The van der Waals surface area contributed by atoms with E-state index in [1.807, 2.05) is 18.2 Å². The molecule has 1 atom stereocenters. The Morgan fingerprint density at radius 3 is 2.32 bits per heavy atom. The van der Waals surface area contributed by atoms with Crippen LogP contribution >= 0.6 is 35.4 Å². The van der Waals surface area contributed by atoms with Crippen molar-refractivity contribution >= 4 is 69.7 Å². The topological polar surface area (TPSA) is 113 Å². The second-order valence-electron chi connectivity index (χ2n) is 10.6. The van der Waals surface area contributed by atoms with Gasteiger partial charge in [-0.3, -0.25) is 14.6 Å². The highest BCUT2D eigenvalue weighted by molar-refractivity contribution is 7.80. The lowest BCUT2D eigenvalue weighted by Gasteiger charge is -2.27. The largest absolute Gasteiger partial charge is 0.467 e. The summed E-state index contributed by atoms with van der Waals surface area (Å²) in [5.41, 5.74) is 2.54. The summed E-state index contributed by atoms with van der Waals surface area (Å²) < 4.78 is 5.04. The van der Waals surface area contributed by atoms with E-state index in [4.69, 9.17) is 40.2 Å². The zero-order valence-corrected chi connectivity index (χ0v) is 26.9. The zero-order chi connectivity index (χ0) is 31.6. The van der Waals surface area contributed by atoms with Crippen LogP contribution in [0, 0.1) is 5.92 Å². The molecule has 9 nitrogen and oxygen atoms in total. The number of aromatic nitrogens is 1. The summed E-state index contributed by atoms with van der Waals surface area (Å²) in [6.07, 6.45) is 8.89. The average Bonchev–Trinajstić information content (AvgIpc) is 3.03. The van der Waals surface area contributed by atoms with Crippen LogP contribution < -0.4 is 20.9 Å². The fourth-order valence-electron chi connectivity index (χ4n) is 5.15. The lowest BCUT2D eigenvalue weighted by atomic mass is 9.89. The molecule has 0 bridgehead atoms. The van der Waals surface area contributed by atoms with Crippen LogP contribution in [0.1, 0.15) is 58.4 Å². The van der Waals surface area contributed by atoms with Crippen molar-refractivity contribution < 1.29 is 19.1 Å². The number of esters is 1. The number of nitrogens with zero attached hydrogens (tertiary/aromatic N) is 2. The molecule has 0 spiro atoms. The second kappa shape index (κ2) is 15.8. The number of anilines is 2. The molecule has 3 N–H and O–H groups in total. The van der Waals surface area contributed by atoms with Gasteiger partial charge in [-0.2, -0.15) is 0 Å². The normalized spacial score (nSPS) is 13.8. The van der Waals surface area contributed by atoms with Crippen molar-refractivity contribution in [2.75, 3.05) is 30.9 Å². The van der Waals surface area contributed by atoms with Crippen molar-refractivity contribution in [1.82, 2.24) is 15.6 Å². The summed E-state index contributed by atoms with van der Waals surface area (Å²) in [4.78, 5) is 44.1. The molecule has 0 unspecified atom stereocenters. The molecule has 1 saturated carbocycles. The van der Waals surface area contributed by atoms with Crippen LogP contribution in [0.15, 0.2) is 60.9 Å². The fraction of sp³-hybridized carbons (Fsp3) is 0.344. The molecule has 1 heterocycles. The molecular weight excluding hydrogens is 621 g/mol. The Kier molecular flexibility index (Phi) is 11.9. The van der Waals surface area contributed by atoms with Crippen molar-refractivity contribution in [2.45, 2.75) is 44.6 Å². The van der Waals surface area contributed by atoms with E-state index in [1.54, 1.807) is 42.3 Å². The molecule has 0 aliphatic heterocycles. The molecule has 1 aliphatic rings. The van der Waals surface area contributed by atoms with Gasteiger partial charge in [-0.1, -0.05) is 66.7 Å². The molecule has 3 aromatic rings. The lowest BCUT2D eigenvalue weighted by Crippen LogP contribution is -2.48. The quantitative estimate of drug-likeness (QED) is 0.179. The van der Waals surface area contributed by atoms with Gasteiger partial charge >= 0.3 is 5.97 Å². The van der Waals surface area contributed by atoms with Crippen molar-refractivity contribution in [1.29, 1.82) is 0 Å². The molecule has 232 valence electrons. The van der Waals surface area contributed by atoms with Crippen molar-refractivity contribution in [3.8, 4) is 0 Å². The standard InChI is InChI=1S/C32H35Cl2N5O4S/c1-39(27-11-7-6-10-23(27)29(40)36-17-21-8-4-3-5-9-21)32(44)38-26(31(42)43-2)16-20-12-14-22(15-13-20)37-30(41)28-24(33)18-35-19-25(28)34/h6-7,10-15,18-19,21,26H,3-5,8-9,16-17H2,1-2H3,(H,36,40)(H,37,41)(H,38,44)/t26-/m0/s1. The number of pyridine rings is 1. The van der Waals surface area contributed by atoms with Gasteiger partial charge in [-0.25, -0.2) is 4.79 Å². The van der Waals surface area contributed by atoms with Crippen molar-refractivity contribution in [3.05, 3.63) is 87.7 Å². The monoisotopic (exact) mass is 655 g/mol. The smallest absolute Gasteiger partial charge is 0.328 e. The van der Waals surface area contributed by atoms with Crippen molar-refractivity contribution in [2.24, 2.45) is 5.92 Å². The third-order valence-corrected chi connectivity index (χ3v) is 8.57. The molecular formula is C32H35Cl2N5O4S. The van der Waals surface area contributed by atoms with Crippen LogP contribution in [0.5, 0.6) is 0 Å². The third-order valence-electron chi connectivity index (χ3n) is 7.61. The predicted molar refractivity (Wildman–Crippen MR) is 178 cm³/mol. The number of thiocarbonyl (C=S) groups is 1. The number of carbonyl (C=O) groups is 3. The van der Waals surface area contributed by atoms with Gasteiger partial charge in [0.1, 0.15) is 6.04 Å². The Bertz CT molecular complexity index is 1480. The van der Waals surface area contributed by atoms with Crippen LogP contribution in [0.25, 0.3) is 0 Å². The van der Waals surface area contributed by atoms with Gasteiger partial charge in [0.2, 0.25) is 0 Å². The van der Waals surface area contributed by atoms with E-state index in [-0.39, 0.29) is 33.0 Å². The van der Waals surface area contributed by atoms with Crippen LogP contribution in [0.4, 0.5) is 11.4 Å². The number of hydrogen-bond acceptors (Lipinski definition) is 6. The SMILES string of the molecule is COC(=O)[C@H](Cc1ccc(NC(=O)c2c(Cl)cncc2Cl)cc1)NC(=S)N(C)c1ccccc1C(=O)NCC1CCCCC1. The molecule has 1 aliphatic carbocycles. The fourth-order valence-corrected chi connectivity index (χ4v) is 5.93. The Morgan fingerprint density at radius 2 is 1.66 bits per heavy atom. The number of hydrogen-bond donors (Lipinski definition) is 3. The Balaban J connectivity index is 1.40. The van der Waals surface area contributed by atoms with E-state index in [0.717, 1.165) is 18.4 Å². The third kappa shape index (κ3) is 8.68. The van der Waals surface area contributed by atoms with Gasteiger partial charge in [0, 0.05) is 38.1 Å². The van der Waals surface area contributed by atoms with Crippen LogP contribution in [0.2, 0.25) is 10.0 Å². The van der Waals surface area contributed by atoms with Crippen molar-refractivity contribution in [3.63, 3.8) is 0 Å². The maximum Gasteiger partial charge on any atom is 0.328 e. The lowest BCUT2D eigenvalue weighted by molar-refractivity contribution is -0.142. The van der Waals surface area contributed by atoms with E-state index >= 15 is 0 Å². The van der Waals surface area contributed by atoms with Crippen LogP contribution in [-0.4, -0.2) is 54.6 Å². The average molecular weight is 657 g/mol. The van der Waals surface area contributed by atoms with E-state index in [1.165, 1.54) is 38.8 Å². The highest BCUT2D eigenvalue weighted by atomic mass is 35.5. The summed E-state index contributed by atoms with van der Waals surface area (Å²) in [5, 5.41) is 9.47. The number of para-hydroxylation sites is 1. The first-order valence-electron chi connectivity index (χ1n) is 14.4. The number of nitrogens with one attached hydrogen (secondary N) is 3. The summed E-state index contributed by atoms with van der Waals surface area (Å²) in [6, 6.07) is 13.4. The molecule has 1 fully saturated rings. The van der Waals surface area contributed by atoms with Crippen LogP contribution in [-0.2, 0) is 16.0 Å². The number of amides is 2. The minimum Gasteiger partial charge on any atom is -0.467 e. The summed E-state index contributed by atoms with van der Waals surface area (Å²) in [7, 11) is 3.05. The molecule has 0 radical (unpaired) electrons. The first-order chi connectivity index (χ1) is 21.2. The van der Waals surface area contributed by atoms with Gasteiger partial charge in [0.25, 0.3) is 11.8 Å². The minimum absolute atomic E-state index is 0.128. The first kappa shape index (κ1) is 33.2. The molecule has 2 aromatic carbocycles. The molecule has 0 saturated heterocycles. The number of carbonyl (C=O) groups excluding carboxylic acids is 3. The molecule has 1 aromatic heterocycles. The number of rotatable bonds is 10.